The zero-order valence-electron chi connectivity index (χ0n) is 21.2. The second-order valence-electron chi connectivity index (χ2n) is 7.68. The molecule has 0 fully saturated rings. The number of aromatic nitrogens is 2. The third-order valence-electron chi connectivity index (χ3n) is 5.45. The molecule has 38 heavy (non-hydrogen) atoms. The number of amides is 1. The first-order valence-electron chi connectivity index (χ1n) is 11.0. The number of hydrogen-bond acceptors (Lipinski definition) is 10. The number of H-pyrrole nitrogens is 1. The van der Waals surface area contributed by atoms with E-state index in [-0.39, 0.29) is 51.8 Å². The Morgan fingerprint density at radius 2 is 1.66 bits per heavy atom. The molecule has 0 atom stereocenters. The summed E-state index contributed by atoms with van der Waals surface area (Å²) < 4.78 is 21.6. The highest BCUT2D eigenvalue weighted by molar-refractivity contribution is 6.02. The lowest BCUT2D eigenvalue weighted by Gasteiger charge is -2.13. The maximum Gasteiger partial charge on any atom is 0.311 e. The first-order chi connectivity index (χ1) is 18.1. The topological polar surface area (TPSA) is 176 Å². The molecule has 0 radical (unpaired) electrons. The predicted molar refractivity (Wildman–Crippen MR) is 135 cm³/mol. The molecule has 1 amide bonds. The monoisotopic (exact) mass is 527 g/mol. The van der Waals surface area contributed by atoms with Gasteiger partial charge in [0.1, 0.15) is 0 Å². The van der Waals surface area contributed by atoms with Gasteiger partial charge in [0.2, 0.25) is 5.75 Å². The molecule has 0 spiro atoms. The number of ether oxygens (including phenoxy) is 4. The molecule has 0 aliphatic heterocycles. The van der Waals surface area contributed by atoms with E-state index in [0.717, 1.165) is 4.68 Å². The van der Waals surface area contributed by atoms with Gasteiger partial charge in [-0.05, 0) is 31.2 Å². The lowest BCUT2D eigenvalue weighted by Crippen LogP contribution is -2.24. The molecule has 1 aromatic heterocycles. The fraction of sp³-hybridized carbons (Fsp3) is 0.250. The highest BCUT2D eigenvalue weighted by Crippen LogP contribution is 2.38. The van der Waals surface area contributed by atoms with Crippen LogP contribution >= 0.6 is 0 Å². The van der Waals surface area contributed by atoms with E-state index in [0.29, 0.717) is 5.75 Å². The van der Waals surface area contributed by atoms with E-state index in [9.17, 15) is 24.5 Å². The van der Waals surface area contributed by atoms with Gasteiger partial charge in [-0.3, -0.25) is 29.6 Å². The second-order valence-corrected chi connectivity index (χ2v) is 7.68. The first kappa shape index (κ1) is 27.4. The number of rotatable bonds is 10. The van der Waals surface area contributed by atoms with Crippen molar-refractivity contribution >= 4 is 23.3 Å². The van der Waals surface area contributed by atoms with Crippen molar-refractivity contribution in [2.75, 3.05) is 28.4 Å². The lowest BCUT2D eigenvalue weighted by atomic mass is 10.1. The summed E-state index contributed by atoms with van der Waals surface area (Å²) in [4.78, 5) is 48.5. The fourth-order valence-corrected chi connectivity index (χ4v) is 3.57. The molecule has 0 saturated heterocycles. The minimum absolute atomic E-state index is 0.0129. The number of hydrogen-bond donors (Lipinski definition) is 2. The molecule has 3 rings (SSSR count). The third-order valence-corrected chi connectivity index (χ3v) is 5.45. The Morgan fingerprint density at radius 3 is 2.16 bits per heavy atom. The van der Waals surface area contributed by atoms with Crippen molar-refractivity contribution in [2.24, 2.45) is 5.10 Å². The summed E-state index contributed by atoms with van der Waals surface area (Å²) in [5, 5.41) is 17.8. The number of aromatic amines is 1. The number of carbonyl (C=O) groups is 2. The van der Waals surface area contributed by atoms with Crippen molar-refractivity contribution in [1.82, 2.24) is 15.2 Å². The fourth-order valence-electron chi connectivity index (χ4n) is 3.57. The SMILES string of the molecule is COC(=O)Cc1[nH]n(-c2ccc([N+](=O)[O-])cc2)c(=O)c1/C(C)=N/NC(=O)c1cc(OC)c(OC)c(OC)c1. The summed E-state index contributed by atoms with van der Waals surface area (Å²) in [5.74, 6) is -0.441. The summed E-state index contributed by atoms with van der Waals surface area (Å²) >= 11 is 0. The van der Waals surface area contributed by atoms with E-state index in [1.165, 1.54) is 71.8 Å². The zero-order chi connectivity index (χ0) is 28.0. The molecular weight excluding hydrogens is 502 g/mol. The lowest BCUT2D eigenvalue weighted by molar-refractivity contribution is -0.384. The Kier molecular flexibility index (Phi) is 8.47. The van der Waals surface area contributed by atoms with Crippen LogP contribution in [0.4, 0.5) is 5.69 Å². The number of carbonyl (C=O) groups excluding carboxylic acids is 2. The van der Waals surface area contributed by atoms with Gasteiger partial charge in [-0.1, -0.05) is 0 Å². The Balaban J connectivity index is 1.99. The highest BCUT2D eigenvalue weighted by atomic mass is 16.6. The van der Waals surface area contributed by atoms with Gasteiger partial charge in [-0.2, -0.15) is 5.10 Å². The van der Waals surface area contributed by atoms with Crippen LogP contribution < -0.4 is 25.2 Å². The van der Waals surface area contributed by atoms with Crippen LogP contribution in [0.1, 0.15) is 28.5 Å². The molecule has 0 bridgehead atoms. The number of hydrazone groups is 1. The smallest absolute Gasteiger partial charge is 0.311 e. The Bertz CT molecular complexity index is 1430. The average molecular weight is 527 g/mol. The number of nitro groups is 1. The van der Waals surface area contributed by atoms with Crippen molar-refractivity contribution in [3.63, 3.8) is 0 Å². The number of methoxy groups -OCH3 is 4. The molecule has 2 N–H and O–H groups in total. The summed E-state index contributed by atoms with van der Waals surface area (Å²) in [7, 11) is 5.45. The summed E-state index contributed by atoms with van der Waals surface area (Å²) in [5.41, 5.74) is 2.32. The van der Waals surface area contributed by atoms with Crippen LogP contribution in [0, 0.1) is 10.1 Å². The van der Waals surface area contributed by atoms with Gasteiger partial charge in [0.15, 0.2) is 11.5 Å². The number of nitrogens with one attached hydrogen (secondary N) is 2. The summed E-state index contributed by atoms with van der Waals surface area (Å²) in [6.45, 7) is 1.47. The summed E-state index contributed by atoms with van der Waals surface area (Å²) in [6, 6.07) is 8.09. The standard InChI is InChI=1S/C24H25N5O9/c1-13(25-26-23(31)14-10-18(35-2)22(38-5)19(11-14)36-3)21-17(12-20(30)37-4)27-28(24(21)32)15-6-8-16(9-7-15)29(33)34/h6-11,27H,12H2,1-5H3,(H,26,31)/b25-13+. The number of benzene rings is 2. The van der Waals surface area contributed by atoms with Gasteiger partial charge in [0, 0.05) is 17.7 Å². The molecule has 0 aliphatic carbocycles. The van der Waals surface area contributed by atoms with Crippen LogP contribution in [-0.4, -0.2) is 60.7 Å². The van der Waals surface area contributed by atoms with E-state index in [1.807, 2.05) is 0 Å². The highest BCUT2D eigenvalue weighted by Gasteiger charge is 2.22. The minimum atomic E-state index is -0.635. The van der Waals surface area contributed by atoms with Crippen molar-refractivity contribution in [3.8, 4) is 22.9 Å². The molecule has 200 valence electrons. The molecule has 1 heterocycles. The number of nitrogens with zero attached hydrogens (tertiary/aromatic N) is 3. The minimum Gasteiger partial charge on any atom is -0.493 e. The number of nitro benzene ring substituents is 1. The molecule has 0 saturated carbocycles. The zero-order valence-corrected chi connectivity index (χ0v) is 21.2. The molecule has 2 aromatic carbocycles. The second kappa shape index (κ2) is 11.7. The van der Waals surface area contributed by atoms with Crippen molar-refractivity contribution in [2.45, 2.75) is 13.3 Å². The van der Waals surface area contributed by atoms with E-state index in [4.69, 9.17) is 18.9 Å². The van der Waals surface area contributed by atoms with Gasteiger partial charge in [-0.15, -0.1) is 0 Å². The van der Waals surface area contributed by atoms with E-state index in [1.54, 1.807) is 0 Å². The quantitative estimate of drug-likeness (QED) is 0.173. The molecule has 0 aliphatic rings. The van der Waals surface area contributed by atoms with Gasteiger partial charge < -0.3 is 18.9 Å². The first-order valence-corrected chi connectivity index (χ1v) is 11.0. The normalized spacial score (nSPS) is 11.0. The Labute approximate surface area is 215 Å². The molecular formula is C24H25N5O9. The largest absolute Gasteiger partial charge is 0.493 e. The van der Waals surface area contributed by atoms with Crippen LogP contribution in [0.2, 0.25) is 0 Å². The van der Waals surface area contributed by atoms with E-state index in [2.05, 4.69) is 15.6 Å². The Hall–Kier alpha value is -5.14. The maximum atomic E-state index is 13.3. The van der Waals surface area contributed by atoms with Gasteiger partial charge >= 0.3 is 5.97 Å². The van der Waals surface area contributed by atoms with Crippen molar-refractivity contribution in [3.05, 3.63) is 73.7 Å². The van der Waals surface area contributed by atoms with Gasteiger partial charge in [0.25, 0.3) is 17.2 Å². The van der Waals surface area contributed by atoms with E-state index >= 15 is 0 Å². The van der Waals surface area contributed by atoms with Gasteiger partial charge in [-0.25, -0.2) is 10.1 Å². The van der Waals surface area contributed by atoms with E-state index < -0.39 is 22.4 Å². The molecule has 14 heteroatoms. The van der Waals surface area contributed by atoms with Crippen molar-refractivity contribution in [1.29, 1.82) is 0 Å². The summed E-state index contributed by atoms with van der Waals surface area (Å²) in [6.07, 6.45) is -0.297. The number of non-ortho nitro benzene ring substituents is 1. The average Bonchev–Trinajstić information content (AvgIpc) is 3.25. The van der Waals surface area contributed by atoms with Crippen LogP contribution in [0.25, 0.3) is 5.69 Å². The van der Waals surface area contributed by atoms with Crippen LogP contribution in [0.3, 0.4) is 0 Å². The molecule has 14 nitrogen and oxygen atoms in total. The molecule has 3 aromatic rings. The van der Waals surface area contributed by atoms with Crippen LogP contribution in [0.5, 0.6) is 17.2 Å². The third kappa shape index (κ3) is 5.64. The molecule has 0 unspecified atom stereocenters. The van der Waals surface area contributed by atoms with Crippen LogP contribution in [-0.2, 0) is 16.0 Å². The Morgan fingerprint density at radius 1 is 1.05 bits per heavy atom. The maximum absolute atomic E-state index is 13.3. The predicted octanol–water partition coefficient (Wildman–Crippen LogP) is 1.97. The number of esters is 1. The van der Waals surface area contributed by atoms with Crippen LogP contribution in [0.15, 0.2) is 46.3 Å². The van der Waals surface area contributed by atoms with Crippen molar-refractivity contribution < 1.29 is 33.5 Å². The van der Waals surface area contributed by atoms with Gasteiger partial charge in [0.05, 0.1) is 62.4 Å².